The van der Waals surface area contributed by atoms with E-state index in [0.29, 0.717) is 24.6 Å². The number of anilines is 1. The van der Waals surface area contributed by atoms with Gasteiger partial charge in [-0.25, -0.2) is 0 Å². The van der Waals surface area contributed by atoms with Crippen LogP contribution in [0, 0.1) is 0 Å². The Bertz CT molecular complexity index is 790. The van der Waals surface area contributed by atoms with Crippen molar-refractivity contribution in [3.05, 3.63) is 64.7 Å². The molecule has 0 fully saturated rings. The Kier molecular flexibility index (Phi) is 5.39. The second-order valence-corrected chi connectivity index (χ2v) is 6.43. The Morgan fingerprint density at radius 1 is 1.28 bits per heavy atom. The summed E-state index contributed by atoms with van der Waals surface area (Å²) in [5.74, 6) is -0.201. The predicted molar refractivity (Wildman–Crippen MR) is 102 cm³/mol. The van der Waals surface area contributed by atoms with Gasteiger partial charge in [-0.05, 0) is 25.1 Å². The van der Waals surface area contributed by atoms with Crippen molar-refractivity contribution in [2.75, 3.05) is 25.1 Å². The van der Waals surface area contributed by atoms with Crippen molar-refractivity contribution in [3.8, 4) is 0 Å². The van der Waals surface area contributed by atoms with Crippen LogP contribution in [0.2, 0.25) is 5.02 Å². The van der Waals surface area contributed by atoms with Crippen LogP contribution < -0.4 is 4.90 Å². The van der Waals surface area contributed by atoms with Crippen LogP contribution in [-0.4, -0.2) is 37.9 Å². The first-order valence-electron chi connectivity index (χ1n) is 8.38. The SMILES string of the molecule is CCOC(=O)CC1CN=C(c2ccccc2)c2cc(Cl)ccc2N1C. The van der Waals surface area contributed by atoms with Gasteiger partial charge in [-0.15, -0.1) is 0 Å². The number of ether oxygens (including phenoxy) is 1. The molecule has 0 saturated heterocycles. The minimum atomic E-state index is -0.201. The first kappa shape index (κ1) is 17.5. The average Bonchev–Trinajstić information content (AvgIpc) is 2.73. The number of hydrogen-bond donors (Lipinski definition) is 0. The highest BCUT2D eigenvalue weighted by Gasteiger charge is 2.26. The van der Waals surface area contributed by atoms with Gasteiger partial charge in [-0.3, -0.25) is 9.79 Å². The second kappa shape index (κ2) is 7.70. The molecule has 0 spiro atoms. The van der Waals surface area contributed by atoms with Crippen molar-refractivity contribution in [1.82, 2.24) is 0 Å². The fourth-order valence-corrected chi connectivity index (χ4v) is 3.24. The maximum atomic E-state index is 12.0. The summed E-state index contributed by atoms with van der Waals surface area (Å²) in [4.78, 5) is 18.9. The van der Waals surface area contributed by atoms with E-state index in [-0.39, 0.29) is 12.0 Å². The Labute approximate surface area is 153 Å². The molecule has 0 radical (unpaired) electrons. The molecule has 0 bridgehead atoms. The number of benzodiazepines with no additional fused rings is 1. The van der Waals surface area contributed by atoms with Crippen molar-refractivity contribution < 1.29 is 9.53 Å². The van der Waals surface area contributed by atoms with E-state index in [1.165, 1.54) is 0 Å². The van der Waals surface area contributed by atoms with Gasteiger partial charge in [-0.1, -0.05) is 41.9 Å². The highest BCUT2D eigenvalue weighted by molar-refractivity contribution is 6.31. The predicted octanol–water partition coefficient (Wildman–Crippen LogP) is 3.95. The Balaban J connectivity index is 2.03. The number of halogens is 1. The summed E-state index contributed by atoms with van der Waals surface area (Å²) in [7, 11) is 1.99. The van der Waals surface area contributed by atoms with Crippen molar-refractivity contribution in [2.45, 2.75) is 19.4 Å². The number of likely N-dealkylation sites (N-methyl/N-ethyl adjacent to an activating group) is 1. The van der Waals surface area contributed by atoms with E-state index in [9.17, 15) is 4.79 Å². The summed E-state index contributed by atoms with van der Waals surface area (Å²) in [5.41, 5.74) is 3.93. The van der Waals surface area contributed by atoms with Gasteiger partial charge < -0.3 is 9.64 Å². The van der Waals surface area contributed by atoms with Gasteiger partial charge in [0.15, 0.2) is 0 Å². The molecule has 0 N–H and O–H groups in total. The van der Waals surface area contributed by atoms with Crippen molar-refractivity contribution in [3.63, 3.8) is 0 Å². The molecule has 1 aliphatic rings. The normalized spacial score (nSPS) is 16.7. The first-order chi connectivity index (χ1) is 12.1. The van der Waals surface area contributed by atoms with Crippen LogP contribution in [0.5, 0.6) is 0 Å². The molecule has 0 aliphatic carbocycles. The number of aliphatic imine (C=N–C) groups is 1. The first-order valence-corrected chi connectivity index (χ1v) is 8.76. The van der Waals surface area contributed by atoms with Crippen LogP contribution in [0.4, 0.5) is 5.69 Å². The molecule has 25 heavy (non-hydrogen) atoms. The molecule has 2 aromatic rings. The van der Waals surface area contributed by atoms with Crippen molar-refractivity contribution in [1.29, 1.82) is 0 Å². The molecule has 1 unspecified atom stereocenters. The molecule has 3 rings (SSSR count). The Hall–Kier alpha value is -2.33. The van der Waals surface area contributed by atoms with Crippen LogP contribution in [0.25, 0.3) is 0 Å². The van der Waals surface area contributed by atoms with Crippen LogP contribution in [0.1, 0.15) is 24.5 Å². The summed E-state index contributed by atoms with van der Waals surface area (Å²) < 4.78 is 5.12. The molecule has 0 amide bonds. The minimum absolute atomic E-state index is 0.0554. The monoisotopic (exact) mass is 356 g/mol. The molecule has 4 nitrogen and oxygen atoms in total. The van der Waals surface area contributed by atoms with E-state index in [0.717, 1.165) is 22.5 Å². The quantitative estimate of drug-likeness (QED) is 0.779. The molecule has 130 valence electrons. The van der Waals surface area contributed by atoms with Gasteiger partial charge in [-0.2, -0.15) is 0 Å². The van der Waals surface area contributed by atoms with Gasteiger partial charge in [0, 0.05) is 28.9 Å². The zero-order chi connectivity index (χ0) is 17.8. The maximum absolute atomic E-state index is 12.0. The van der Waals surface area contributed by atoms with Crippen molar-refractivity contribution >= 4 is 29.0 Å². The Morgan fingerprint density at radius 2 is 2.04 bits per heavy atom. The largest absolute Gasteiger partial charge is 0.466 e. The number of carbonyl (C=O) groups excluding carboxylic acids is 1. The minimum Gasteiger partial charge on any atom is -0.466 e. The molecule has 1 heterocycles. The maximum Gasteiger partial charge on any atom is 0.307 e. The lowest BCUT2D eigenvalue weighted by molar-refractivity contribution is -0.143. The number of rotatable bonds is 4. The van der Waals surface area contributed by atoms with E-state index in [1.54, 1.807) is 0 Å². The summed E-state index contributed by atoms with van der Waals surface area (Å²) in [6.07, 6.45) is 0.304. The third-order valence-electron chi connectivity index (χ3n) is 4.36. The van der Waals surface area contributed by atoms with Crippen LogP contribution in [0.15, 0.2) is 53.5 Å². The van der Waals surface area contributed by atoms with Gasteiger partial charge in [0.1, 0.15) is 0 Å². The highest BCUT2D eigenvalue weighted by Crippen LogP contribution is 2.31. The average molecular weight is 357 g/mol. The molecule has 5 heteroatoms. The summed E-state index contributed by atoms with van der Waals surface area (Å²) in [5, 5.41) is 0.666. The molecule has 0 saturated carbocycles. The highest BCUT2D eigenvalue weighted by atomic mass is 35.5. The van der Waals surface area contributed by atoms with E-state index < -0.39 is 0 Å². The van der Waals surface area contributed by atoms with Gasteiger partial charge in [0.25, 0.3) is 0 Å². The lowest BCUT2D eigenvalue weighted by atomic mass is 10.00. The summed E-state index contributed by atoms with van der Waals surface area (Å²) in [6.45, 7) is 2.73. The zero-order valence-corrected chi connectivity index (χ0v) is 15.2. The van der Waals surface area contributed by atoms with E-state index >= 15 is 0 Å². The number of hydrogen-bond acceptors (Lipinski definition) is 4. The Morgan fingerprint density at radius 3 is 2.76 bits per heavy atom. The fourth-order valence-electron chi connectivity index (χ4n) is 3.06. The van der Waals surface area contributed by atoms with Gasteiger partial charge in [0.05, 0.1) is 31.3 Å². The molecule has 1 atom stereocenters. The number of esters is 1. The van der Waals surface area contributed by atoms with Gasteiger partial charge >= 0.3 is 5.97 Å². The topological polar surface area (TPSA) is 41.9 Å². The number of nitrogens with zero attached hydrogens (tertiary/aromatic N) is 2. The second-order valence-electron chi connectivity index (χ2n) is 5.99. The summed E-state index contributed by atoms with van der Waals surface area (Å²) in [6, 6.07) is 15.8. The van der Waals surface area contributed by atoms with Crippen LogP contribution in [0.3, 0.4) is 0 Å². The molecule has 2 aromatic carbocycles. The molecular weight excluding hydrogens is 336 g/mol. The number of carbonyl (C=O) groups is 1. The zero-order valence-electron chi connectivity index (χ0n) is 14.4. The third-order valence-corrected chi connectivity index (χ3v) is 4.59. The van der Waals surface area contributed by atoms with E-state index in [2.05, 4.69) is 4.90 Å². The molecule has 1 aliphatic heterocycles. The lowest BCUT2D eigenvalue weighted by Crippen LogP contribution is -2.36. The lowest BCUT2D eigenvalue weighted by Gasteiger charge is -2.28. The van der Waals surface area contributed by atoms with Crippen LogP contribution >= 0.6 is 11.6 Å². The van der Waals surface area contributed by atoms with Crippen LogP contribution in [-0.2, 0) is 9.53 Å². The van der Waals surface area contributed by atoms with Crippen molar-refractivity contribution in [2.24, 2.45) is 4.99 Å². The standard InChI is InChI=1S/C20H21ClN2O2/c1-3-25-19(24)12-16-13-22-20(14-7-5-4-6-8-14)17-11-15(21)9-10-18(17)23(16)2/h4-11,16H,3,12-13H2,1-2H3. The summed E-state index contributed by atoms with van der Waals surface area (Å²) >= 11 is 6.24. The number of benzene rings is 2. The van der Waals surface area contributed by atoms with E-state index in [1.807, 2.05) is 62.5 Å². The smallest absolute Gasteiger partial charge is 0.307 e. The molecule has 0 aromatic heterocycles. The van der Waals surface area contributed by atoms with Gasteiger partial charge in [0.2, 0.25) is 0 Å². The fraction of sp³-hybridized carbons (Fsp3) is 0.300. The number of fused-ring (bicyclic) bond motifs is 1. The van der Waals surface area contributed by atoms with E-state index in [4.69, 9.17) is 21.3 Å². The molecular formula is C20H21ClN2O2. The third kappa shape index (κ3) is 3.85.